The number of nitrogens with one attached hydrogen (secondary N) is 2. The van der Waals surface area contributed by atoms with Gasteiger partial charge in [-0.1, -0.05) is 29.8 Å². The van der Waals surface area contributed by atoms with E-state index >= 15 is 0 Å². The van der Waals surface area contributed by atoms with Crippen LogP contribution in [0.4, 0.5) is 10.5 Å². The van der Waals surface area contributed by atoms with E-state index < -0.39 is 12.0 Å². The zero-order valence-electron chi connectivity index (χ0n) is 19.3. The number of hydrogen-bond donors (Lipinski definition) is 2. The van der Waals surface area contributed by atoms with Gasteiger partial charge in [0.15, 0.2) is 0 Å². The molecule has 2 amide bonds. The summed E-state index contributed by atoms with van der Waals surface area (Å²) in [6.07, 6.45) is 0. The SMILES string of the molecule is CCOC(=O)C1=C(CN2CCN(c3ccc(OC)cc3)CC2)NC(=O)NC1c1ccccc1Cl. The van der Waals surface area contributed by atoms with E-state index in [1.54, 1.807) is 20.1 Å². The first-order valence-corrected chi connectivity index (χ1v) is 11.7. The second kappa shape index (κ2) is 10.8. The van der Waals surface area contributed by atoms with Crippen molar-refractivity contribution in [2.75, 3.05) is 51.3 Å². The van der Waals surface area contributed by atoms with Gasteiger partial charge in [0, 0.05) is 49.1 Å². The minimum absolute atomic E-state index is 0.235. The Morgan fingerprint density at radius 3 is 2.44 bits per heavy atom. The minimum Gasteiger partial charge on any atom is -0.497 e. The molecule has 0 bridgehead atoms. The van der Waals surface area contributed by atoms with Gasteiger partial charge in [-0.15, -0.1) is 0 Å². The molecule has 0 aliphatic carbocycles. The highest BCUT2D eigenvalue weighted by Gasteiger charge is 2.35. The molecule has 2 aliphatic rings. The number of esters is 1. The quantitative estimate of drug-likeness (QED) is 0.586. The van der Waals surface area contributed by atoms with E-state index in [9.17, 15) is 9.59 Å². The average molecular weight is 485 g/mol. The molecule has 9 heteroatoms. The monoisotopic (exact) mass is 484 g/mol. The number of rotatable bonds is 7. The van der Waals surface area contributed by atoms with Gasteiger partial charge in [0.25, 0.3) is 0 Å². The molecular weight excluding hydrogens is 456 g/mol. The van der Waals surface area contributed by atoms with Crippen molar-refractivity contribution in [3.05, 3.63) is 70.4 Å². The third kappa shape index (κ3) is 5.29. The molecule has 0 spiro atoms. The number of carbonyl (C=O) groups excluding carboxylic acids is 2. The molecule has 4 rings (SSSR count). The first-order chi connectivity index (χ1) is 16.5. The van der Waals surface area contributed by atoms with E-state index in [-0.39, 0.29) is 12.6 Å². The number of anilines is 1. The molecule has 34 heavy (non-hydrogen) atoms. The van der Waals surface area contributed by atoms with Gasteiger partial charge in [0.05, 0.1) is 25.3 Å². The fraction of sp³-hybridized carbons (Fsp3) is 0.360. The Labute approximate surface area is 204 Å². The second-order valence-corrected chi connectivity index (χ2v) is 8.53. The number of benzene rings is 2. The van der Waals surface area contributed by atoms with Gasteiger partial charge in [-0.25, -0.2) is 9.59 Å². The van der Waals surface area contributed by atoms with Gasteiger partial charge in [0.2, 0.25) is 0 Å². The first kappa shape index (κ1) is 23.9. The van der Waals surface area contributed by atoms with Crippen molar-refractivity contribution in [2.45, 2.75) is 13.0 Å². The van der Waals surface area contributed by atoms with Crippen LogP contribution in [0.15, 0.2) is 59.8 Å². The summed E-state index contributed by atoms with van der Waals surface area (Å²) in [6, 6.07) is 14.2. The maximum atomic E-state index is 13.0. The molecule has 1 unspecified atom stereocenters. The molecule has 1 fully saturated rings. The summed E-state index contributed by atoms with van der Waals surface area (Å²) < 4.78 is 10.6. The number of hydrogen-bond acceptors (Lipinski definition) is 6. The van der Waals surface area contributed by atoms with Crippen molar-refractivity contribution in [2.24, 2.45) is 0 Å². The number of methoxy groups -OCH3 is 1. The average Bonchev–Trinajstić information content (AvgIpc) is 2.84. The van der Waals surface area contributed by atoms with Crippen LogP contribution in [0.1, 0.15) is 18.5 Å². The summed E-state index contributed by atoms with van der Waals surface area (Å²) in [7, 11) is 1.66. The van der Waals surface area contributed by atoms with Crippen LogP contribution in [0.3, 0.4) is 0 Å². The van der Waals surface area contributed by atoms with Crippen molar-refractivity contribution in [3.63, 3.8) is 0 Å². The van der Waals surface area contributed by atoms with Crippen LogP contribution in [-0.2, 0) is 9.53 Å². The fourth-order valence-electron chi connectivity index (χ4n) is 4.32. The Balaban J connectivity index is 1.54. The number of halogens is 1. The number of nitrogens with zero attached hydrogens (tertiary/aromatic N) is 2. The molecule has 8 nitrogen and oxygen atoms in total. The van der Waals surface area contributed by atoms with Gasteiger partial charge < -0.3 is 25.0 Å². The first-order valence-electron chi connectivity index (χ1n) is 11.3. The summed E-state index contributed by atoms with van der Waals surface area (Å²) >= 11 is 6.42. The Bertz CT molecular complexity index is 1060. The highest BCUT2D eigenvalue weighted by atomic mass is 35.5. The van der Waals surface area contributed by atoms with Crippen molar-refractivity contribution >= 4 is 29.3 Å². The van der Waals surface area contributed by atoms with Crippen molar-refractivity contribution < 1.29 is 19.1 Å². The number of piperazine rings is 1. The van der Waals surface area contributed by atoms with Crippen LogP contribution >= 0.6 is 11.6 Å². The molecule has 180 valence electrons. The van der Waals surface area contributed by atoms with Crippen LogP contribution in [0.5, 0.6) is 5.75 Å². The molecule has 1 saturated heterocycles. The van der Waals surface area contributed by atoms with Crippen molar-refractivity contribution in [3.8, 4) is 5.75 Å². The summed E-state index contributed by atoms with van der Waals surface area (Å²) in [5.74, 6) is 0.363. The Kier molecular flexibility index (Phi) is 7.59. The summed E-state index contributed by atoms with van der Waals surface area (Å²) in [5.41, 5.74) is 2.72. The van der Waals surface area contributed by atoms with E-state index in [1.165, 1.54) is 0 Å². The summed E-state index contributed by atoms with van der Waals surface area (Å²) in [4.78, 5) is 30.1. The lowest BCUT2D eigenvalue weighted by Gasteiger charge is -2.38. The molecule has 0 aromatic heterocycles. The Morgan fingerprint density at radius 2 is 1.79 bits per heavy atom. The number of ether oxygens (including phenoxy) is 2. The second-order valence-electron chi connectivity index (χ2n) is 8.13. The lowest BCUT2D eigenvalue weighted by Crippen LogP contribution is -2.51. The van der Waals surface area contributed by atoms with Gasteiger partial charge in [0.1, 0.15) is 5.75 Å². The van der Waals surface area contributed by atoms with Crippen LogP contribution in [-0.4, -0.2) is 63.3 Å². The summed E-state index contributed by atoms with van der Waals surface area (Å²) in [6.45, 7) is 5.65. The van der Waals surface area contributed by atoms with Crippen molar-refractivity contribution in [1.29, 1.82) is 0 Å². The molecule has 2 heterocycles. The third-order valence-electron chi connectivity index (χ3n) is 6.06. The smallest absolute Gasteiger partial charge is 0.338 e. The van der Waals surface area contributed by atoms with Crippen molar-refractivity contribution in [1.82, 2.24) is 15.5 Å². The standard InChI is InChI=1S/C25H29ClN4O4/c1-3-34-24(31)22-21(27-25(32)28-23(22)19-6-4-5-7-20(19)26)16-29-12-14-30(15-13-29)17-8-10-18(33-2)11-9-17/h4-11,23H,3,12-16H2,1-2H3,(H2,27,28,32). The van der Waals surface area contributed by atoms with Crippen LogP contribution < -0.4 is 20.3 Å². The lowest BCUT2D eigenvalue weighted by atomic mass is 9.94. The molecule has 0 saturated carbocycles. The van der Waals surface area contributed by atoms with Gasteiger partial charge in [-0.3, -0.25) is 4.90 Å². The molecule has 1 atom stereocenters. The summed E-state index contributed by atoms with van der Waals surface area (Å²) in [5, 5.41) is 6.16. The Morgan fingerprint density at radius 1 is 1.09 bits per heavy atom. The van der Waals surface area contributed by atoms with Crippen LogP contribution in [0.2, 0.25) is 5.02 Å². The van der Waals surface area contributed by atoms with E-state index in [1.807, 2.05) is 30.3 Å². The molecule has 0 radical (unpaired) electrons. The molecule has 2 aromatic carbocycles. The van der Waals surface area contributed by atoms with E-state index in [0.717, 1.165) is 37.6 Å². The van der Waals surface area contributed by atoms with E-state index in [2.05, 4.69) is 32.6 Å². The zero-order chi connectivity index (χ0) is 24.1. The van der Waals surface area contributed by atoms with Gasteiger partial charge in [-0.05, 0) is 42.8 Å². The zero-order valence-corrected chi connectivity index (χ0v) is 20.1. The topological polar surface area (TPSA) is 83.1 Å². The van der Waals surface area contributed by atoms with E-state index in [0.29, 0.717) is 28.4 Å². The number of carbonyl (C=O) groups is 2. The van der Waals surface area contributed by atoms with Crippen LogP contribution in [0, 0.1) is 0 Å². The minimum atomic E-state index is -0.683. The van der Waals surface area contributed by atoms with E-state index in [4.69, 9.17) is 21.1 Å². The molecule has 2 aliphatic heterocycles. The molecular formula is C25H29ClN4O4. The maximum Gasteiger partial charge on any atom is 0.338 e. The van der Waals surface area contributed by atoms with Crippen LogP contribution in [0.25, 0.3) is 0 Å². The van der Waals surface area contributed by atoms with Gasteiger partial charge in [-0.2, -0.15) is 0 Å². The number of amides is 2. The molecule has 2 N–H and O–H groups in total. The Hall–Kier alpha value is -3.23. The number of urea groups is 1. The largest absolute Gasteiger partial charge is 0.497 e. The predicted octanol–water partition coefficient (Wildman–Crippen LogP) is 3.34. The highest BCUT2D eigenvalue weighted by molar-refractivity contribution is 6.31. The third-order valence-corrected chi connectivity index (χ3v) is 6.40. The highest BCUT2D eigenvalue weighted by Crippen LogP contribution is 2.32. The fourth-order valence-corrected chi connectivity index (χ4v) is 4.56. The predicted molar refractivity (Wildman–Crippen MR) is 131 cm³/mol. The lowest BCUT2D eigenvalue weighted by molar-refractivity contribution is -0.139. The normalized spacial score (nSPS) is 18.9. The molecule has 2 aromatic rings. The van der Waals surface area contributed by atoms with Gasteiger partial charge >= 0.3 is 12.0 Å². The maximum absolute atomic E-state index is 13.0.